The molecule has 1 fully saturated rings. The van der Waals surface area contributed by atoms with Crippen LogP contribution < -0.4 is 5.32 Å². The lowest BCUT2D eigenvalue weighted by Gasteiger charge is -2.32. The van der Waals surface area contributed by atoms with Crippen molar-refractivity contribution in [2.45, 2.75) is 52.0 Å². The standard InChI is InChI=1S/C19H23BF3NO5/c1-11(25)24-10-13(20-28-17(2,3)18(4,5)29-20)8-12-6-7-14(16(26)27)15(9-12)19(21,22)23/h6-9H,10H2,1-5H3,(H,24,25)(H,26,27). The third-order valence-electron chi connectivity index (χ3n) is 5.03. The van der Waals surface area contributed by atoms with Gasteiger partial charge in [0.2, 0.25) is 5.91 Å². The summed E-state index contributed by atoms with van der Waals surface area (Å²) in [4.78, 5) is 22.5. The number of halogens is 3. The zero-order valence-electron chi connectivity index (χ0n) is 16.8. The summed E-state index contributed by atoms with van der Waals surface area (Å²) in [5.74, 6) is -2.00. The predicted octanol–water partition coefficient (Wildman–Crippen LogP) is 3.55. The highest BCUT2D eigenvalue weighted by molar-refractivity contribution is 6.56. The quantitative estimate of drug-likeness (QED) is 0.722. The molecule has 0 unspecified atom stereocenters. The number of carbonyl (C=O) groups excluding carboxylic acids is 1. The van der Waals surface area contributed by atoms with Crippen LogP contribution in [0.25, 0.3) is 6.08 Å². The smallest absolute Gasteiger partial charge is 0.478 e. The number of hydrogen-bond acceptors (Lipinski definition) is 4. The zero-order chi connectivity index (χ0) is 22.2. The highest BCUT2D eigenvalue weighted by Crippen LogP contribution is 2.39. The maximum absolute atomic E-state index is 13.3. The maximum Gasteiger partial charge on any atom is 0.492 e. The van der Waals surface area contributed by atoms with Crippen LogP contribution in [-0.4, -0.2) is 41.8 Å². The van der Waals surface area contributed by atoms with E-state index in [9.17, 15) is 22.8 Å². The van der Waals surface area contributed by atoms with Crippen molar-refractivity contribution >= 4 is 25.1 Å². The van der Waals surface area contributed by atoms with Gasteiger partial charge in [-0.05, 0) is 50.9 Å². The van der Waals surface area contributed by atoms with Crippen LogP contribution in [0.15, 0.2) is 23.7 Å². The Kier molecular flexibility index (Phi) is 6.20. The lowest BCUT2D eigenvalue weighted by molar-refractivity contribution is -0.138. The van der Waals surface area contributed by atoms with Gasteiger partial charge >= 0.3 is 19.3 Å². The van der Waals surface area contributed by atoms with E-state index in [0.717, 1.165) is 12.1 Å². The van der Waals surface area contributed by atoms with E-state index in [-0.39, 0.29) is 18.0 Å². The molecule has 1 aromatic rings. The predicted molar refractivity (Wildman–Crippen MR) is 101 cm³/mol. The molecule has 0 radical (unpaired) electrons. The molecule has 1 aliphatic heterocycles. The van der Waals surface area contributed by atoms with E-state index in [1.165, 1.54) is 19.1 Å². The molecule has 0 atom stereocenters. The number of benzene rings is 1. The number of alkyl halides is 3. The van der Waals surface area contributed by atoms with E-state index >= 15 is 0 Å². The summed E-state index contributed by atoms with van der Waals surface area (Å²) in [6.45, 7) is 8.61. The Labute approximate surface area is 167 Å². The van der Waals surface area contributed by atoms with Gasteiger partial charge in [-0.3, -0.25) is 4.79 Å². The number of rotatable bonds is 5. The van der Waals surface area contributed by atoms with Crippen molar-refractivity contribution in [3.8, 4) is 0 Å². The summed E-state index contributed by atoms with van der Waals surface area (Å²) < 4.78 is 51.7. The number of aromatic carboxylic acids is 1. The molecular formula is C19H23BF3NO5. The Bertz CT molecular complexity index is 833. The van der Waals surface area contributed by atoms with E-state index in [0.29, 0.717) is 5.47 Å². The van der Waals surface area contributed by atoms with Crippen molar-refractivity contribution in [1.29, 1.82) is 0 Å². The molecule has 0 aromatic heterocycles. The fraction of sp³-hybridized carbons (Fsp3) is 0.474. The molecular weight excluding hydrogens is 390 g/mol. The van der Waals surface area contributed by atoms with E-state index in [2.05, 4.69) is 5.32 Å². The number of amides is 1. The minimum absolute atomic E-state index is 0.00576. The molecule has 1 saturated heterocycles. The monoisotopic (exact) mass is 413 g/mol. The molecule has 6 nitrogen and oxygen atoms in total. The van der Waals surface area contributed by atoms with Crippen LogP contribution in [0.3, 0.4) is 0 Å². The van der Waals surface area contributed by atoms with Crippen LogP contribution in [-0.2, 0) is 20.3 Å². The summed E-state index contributed by atoms with van der Waals surface area (Å²) >= 11 is 0. The molecule has 1 aliphatic rings. The van der Waals surface area contributed by atoms with Gasteiger partial charge in [-0.2, -0.15) is 13.2 Å². The van der Waals surface area contributed by atoms with Gasteiger partial charge in [0.15, 0.2) is 0 Å². The molecule has 2 rings (SSSR count). The Balaban J connectivity index is 2.49. The van der Waals surface area contributed by atoms with Gasteiger partial charge in [-0.1, -0.05) is 12.1 Å². The Morgan fingerprint density at radius 1 is 1.17 bits per heavy atom. The van der Waals surface area contributed by atoms with Gasteiger partial charge in [0, 0.05) is 13.5 Å². The normalized spacial score (nSPS) is 18.6. The van der Waals surface area contributed by atoms with Crippen molar-refractivity contribution in [1.82, 2.24) is 5.32 Å². The molecule has 1 heterocycles. The summed E-state index contributed by atoms with van der Waals surface area (Å²) in [5, 5.41) is 11.6. The van der Waals surface area contributed by atoms with Crippen LogP contribution in [0, 0.1) is 0 Å². The fourth-order valence-electron chi connectivity index (χ4n) is 2.71. The minimum Gasteiger partial charge on any atom is -0.478 e. The first-order chi connectivity index (χ1) is 13.1. The van der Waals surface area contributed by atoms with Gasteiger partial charge in [0.25, 0.3) is 0 Å². The fourth-order valence-corrected chi connectivity index (χ4v) is 2.71. The summed E-state index contributed by atoms with van der Waals surface area (Å²) in [6.07, 6.45) is -3.43. The van der Waals surface area contributed by atoms with Gasteiger partial charge < -0.3 is 19.7 Å². The average Bonchev–Trinajstić information content (AvgIpc) is 2.77. The first kappa shape index (κ1) is 23.0. The molecule has 0 bridgehead atoms. The third-order valence-corrected chi connectivity index (χ3v) is 5.03. The molecule has 1 amide bonds. The summed E-state index contributed by atoms with van der Waals surface area (Å²) in [5.41, 5.74) is -2.96. The summed E-state index contributed by atoms with van der Waals surface area (Å²) in [6, 6.07) is 2.91. The molecule has 0 saturated carbocycles. The summed E-state index contributed by atoms with van der Waals surface area (Å²) in [7, 11) is -0.889. The maximum atomic E-state index is 13.3. The Morgan fingerprint density at radius 2 is 1.72 bits per heavy atom. The largest absolute Gasteiger partial charge is 0.492 e. The van der Waals surface area contributed by atoms with E-state index in [1.54, 1.807) is 0 Å². The average molecular weight is 413 g/mol. The lowest BCUT2D eigenvalue weighted by atomic mass is 9.76. The van der Waals surface area contributed by atoms with E-state index < -0.39 is 41.6 Å². The zero-order valence-corrected chi connectivity index (χ0v) is 16.8. The number of carbonyl (C=O) groups is 2. The molecule has 10 heteroatoms. The second kappa shape index (κ2) is 7.83. The van der Waals surface area contributed by atoms with Gasteiger partial charge in [0.05, 0.1) is 22.3 Å². The minimum atomic E-state index is -4.83. The number of nitrogens with one attached hydrogen (secondary N) is 1. The number of carboxylic acids is 1. The van der Waals surface area contributed by atoms with Crippen LogP contribution in [0.1, 0.15) is 56.1 Å². The Hall–Kier alpha value is -2.33. The molecule has 29 heavy (non-hydrogen) atoms. The molecule has 1 aromatic carbocycles. The van der Waals surface area contributed by atoms with Gasteiger partial charge in [-0.15, -0.1) is 0 Å². The van der Waals surface area contributed by atoms with E-state index in [4.69, 9.17) is 14.4 Å². The highest BCUT2D eigenvalue weighted by atomic mass is 19.4. The lowest BCUT2D eigenvalue weighted by Crippen LogP contribution is -2.41. The third kappa shape index (κ3) is 5.19. The van der Waals surface area contributed by atoms with Crippen molar-refractivity contribution in [2.75, 3.05) is 6.54 Å². The first-order valence-electron chi connectivity index (χ1n) is 8.89. The van der Waals surface area contributed by atoms with Gasteiger partial charge in [-0.25, -0.2) is 4.79 Å². The molecule has 158 valence electrons. The highest BCUT2D eigenvalue weighted by Gasteiger charge is 2.52. The number of carboxylic acid groups (broad SMARTS) is 1. The van der Waals surface area contributed by atoms with E-state index in [1.807, 2.05) is 27.7 Å². The van der Waals surface area contributed by atoms with Crippen molar-refractivity contribution in [3.05, 3.63) is 40.4 Å². The van der Waals surface area contributed by atoms with Crippen LogP contribution in [0.2, 0.25) is 0 Å². The van der Waals surface area contributed by atoms with Crippen LogP contribution >= 0.6 is 0 Å². The van der Waals surface area contributed by atoms with Crippen LogP contribution in [0.4, 0.5) is 13.2 Å². The second-order valence-corrected chi connectivity index (χ2v) is 7.83. The van der Waals surface area contributed by atoms with Crippen molar-refractivity contribution < 1.29 is 37.2 Å². The van der Waals surface area contributed by atoms with Crippen molar-refractivity contribution in [2.24, 2.45) is 0 Å². The van der Waals surface area contributed by atoms with Gasteiger partial charge in [0.1, 0.15) is 0 Å². The second-order valence-electron chi connectivity index (χ2n) is 7.83. The van der Waals surface area contributed by atoms with Crippen molar-refractivity contribution in [3.63, 3.8) is 0 Å². The SMILES string of the molecule is CC(=O)NCC(=Cc1ccc(C(=O)O)c(C(F)(F)F)c1)B1OC(C)(C)C(C)(C)O1. The Morgan fingerprint density at radius 3 is 2.17 bits per heavy atom. The molecule has 0 aliphatic carbocycles. The number of hydrogen-bond donors (Lipinski definition) is 2. The molecule has 2 N–H and O–H groups in total. The topological polar surface area (TPSA) is 84.9 Å². The first-order valence-corrected chi connectivity index (χ1v) is 8.89. The van der Waals surface area contributed by atoms with Crippen LogP contribution in [0.5, 0.6) is 0 Å². The molecule has 0 spiro atoms.